The van der Waals surface area contributed by atoms with Crippen LogP contribution < -0.4 is 18.9 Å². The summed E-state index contributed by atoms with van der Waals surface area (Å²) in [6.07, 6.45) is -28.1. The third kappa shape index (κ3) is 7.58. The molecule has 0 radical (unpaired) electrons. The number of rotatable bonds is 2. The highest BCUT2D eigenvalue weighted by Gasteiger charge is 2.77. The Balaban J connectivity index is 1.98. The van der Waals surface area contributed by atoms with Gasteiger partial charge < -0.3 is 28.4 Å². The summed E-state index contributed by atoms with van der Waals surface area (Å²) in [5.74, 6) is -19.2. The zero-order valence-electron chi connectivity index (χ0n) is 23.8. The molecule has 2 aromatic heterocycles. The van der Waals surface area contributed by atoms with Crippen molar-refractivity contribution in [2.24, 2.45) is 0 Å². The average molecular weight is 770 g/mol. The molecule has 0 aliphatic carbocycles. The summed E-state index contributed by atoms with van der Waals surface area (Å²) in [5, 5.41) is 0. The van der Waals surface area contributed by atoms with Crippen LogP contribution in [-0.2, 0) is 20.8 Å². The highest BCUT2D eigenvalue weighted by molar-refractivity contribution is 5.40. The number of hydrogen-bond donors (Lipinski definition) is 0. The lowest BCUT2D eigenvalue weighted by atomic mass is 9.93. The Morgan fingerprint density at radius 2 is 0.540 bits per heavy atom. The monoisotopic (exact) mass is 770 g/mol. The van der Waals surface area contributed by atoms with Gasteiger partial charge in [0, 0.05) is 0 Å². The minimum atomic E-state index is -7.02. The van der Waals surface area contributed by atoms with Crippen molar-refractivity contribution in [2.75, 3.05) is 52.9 Å². The topological polar surface area (TPSA) is 81.2 Å². The second kappa shape index (κ2) is 14.4. The van der Waals surface area contributed by atoms with Crippen molar-refractivity contribution in [3.8, 4) is 23.5 Å². The van der Waals surface area contributed by atoms with Crippen LogP contribution in [0.4, 0.5) is 79.0 Å². The highest BCUT2D eigenvalue weighted by Crippen LogP contribution is 2.57. The molecule has 50 heavy (non-hydrogen) atoms. The first-order valence-electron chi connectivity index (χ1n) is 12.9. The molecule has 4 bridgehead atoms. The molecular weight excluding hydrogens is 754 g/mol. The molecule has 0 aromatic carbocycles. The van der Waals surface area contributed by atoms with E-state index >= 15 is 0 Å². The van der Waals surface area contributed by atoms with Crippen LogP contribution >= 0.6 is 0 Å². The van der Waals surface area contributed by atoms with Crippen LogP contribution in [0.25, 0.3) is 0 Å². The molecule has 0 saturated heterocycles. The van der Waals surface area contributed by atoms with E-state index in [1.54, 1.807) is 0 Å². The molecule has 3 heterocycles. The van der Waals surface area contributed by atoms with Crippen molar-refractivity contribution in [3.63, 3.8) is 0 Å². The summed E-state index contributed by atoms with van der Waals surface area (Å²) in [6.45, 7) is -8.18. The third-order valence-corrected chi connectivity index (χ3v) is 6.15. The summed E-state index contributed by atoms with van der Waals surface area (Å²) < 4.78 is 277. The first kappa shape index (κ1) is 40.6. The first-order chi connectivity index (χ1) is 22.8. The van der Waals surface area contributed by atoms with Crippen molar-refractivity contribution in [2.45, 2.75) is 36.0 Å². The van der Waals surface area contributed by atoms with Gasteiger partial charge in [-0.25, -0.2) is 26.3 Å². The Morgan fingerprint density at radius 1 is 0.340 bits per heavy atom. The summed E-state index contributed by atoms with van der Waals surface area (Å²) in [6, 6.07) is 0. The predicted octanol–water partition coefficient (Wildman–Crippen LogP) is 6.87. The number of pyridine rings is 2. The second-order valence-corrected chi connectivity index (χ2v) is 9.38. The van der Waals surface area contributed by atoms with Gasteiger partial charge in [-0.15, -0.1) is 0 Å². The maximum atomic E-state index is 14.9. The van der Waals surface area contributed by atoms with Crippen LogP contribution in [0.1, 0.15) is 11.1 Å². The fraction of sp³-hybridized carbons (Fsp3) is 0.583. The van der Waals surface area contributed by atoms with E-state index in [1.807, 2.05) is 0 Å². The predicted molar refractivity (Wildman–Crippen MR) is 122 cm³/mol. The smallest absolute Gasteiger partial charge is 0.436 e. The maximum Gasteiger partial charge on any atom is 0.436 e. The minimum absolute atomic E-state index is 0.921. The molecule has 1 aliphatic heterocycles. The third-order valence-electron chi connectivity index (χ3n) is 6.15. The molecule has 0 unspecified atom stereocenters. The van der Waals surface area contributed by atoms with Crippen molar-refractivity contribution in [1.82, 2.24) is 9.97 Å². The molecule has 0 atom stereocenters. The fourth-order valence-electron chi connectivity index (χ4n) is 3.87. The van der Waals surface area contributed by atoms with E-state index in [1.165, 1.54) is 0 Å². The van der Waals surface area contributed by atoms with E-state index in [0.29, 0.717) is 0 Å². The Bertz CT molecular complexity index is 1310. The number of aromatic nitrogens is 2. The van der Waals surface area contributed by atoms with Gasteiger partial charge in [-0.05, 0) is 0 Å². The average Bonchev–Trinajstić information content (AvgIpc) is 2.96. The molecule has 0 saturated carbocycles. The van der Waals surface area contributed by atoms with Crippen molar-refractivity contribution >= 4 is 0 Å². The Hall–Kier alpha value is -3.84. The lowest BCUT2D eigenvalue weighted by Crippen LogP contribution is -2.51. The fourth-order valence-corrected chi connectivity index (χ4v) is 3.87. The molecule has 0 N–H and O–H groups in total. The quantitative estimate of drug-likeness (QED) is 0.307. The van der Waals surface area contributed by atoms with Crippen molar-refractivity contribution in [1.29, 1.82) is 0 Å². The standard InChI is InChI=1S/C24H16F18N2O6/c25-11-9(19(29,21(31,32)33)22(34,35)36)12(26)16-43-15(11)47-5-1-45-2-6-48-17-13(27)10(20(30,23(37,38)39)24(40,41)42)14(28)18(44-17)50-8-4-46-3-7-49-16/h1-8H2. The van der Waals surface area contributed by atoms with Crippen LogP contribution in [0, 0.1) is 23.3 Å². The van der Waals surface area contributed by atoms with Gasteiger partial charge in [0.05, 0.1) is 37.6 Å². The molecule has 2 aromatic rings. The van der Waals surface area contributed by atoms with E-state index in [4.69, 9.17) is 9.47 Å². The van der Waals surface area contributed by atoms with Gasteiger partial charge in [-0.2, -0.15) is 62.7 Å². The molecule has 1 aliphatic rings. The van der Waals surface area contributed by atoms with Crippen molar-refractivity contribution in [3.05, 3.63) is 34.4 Å². The van der Waals surface area contributed by atoms with Crippen LogP contribution in [0.15, 0.2) is 0 Å². The van der Waals surface area contributed by atoms with Gasteiger partial charge in [0.2, 0.25) is 0 Å². The van der Waals surface area contributed by atoms with Gasteiger partial charge >= 0.3 is 36.0 Å². The van der Waals surface area contributed by atoms with Gasteiger partial charge in [0.25, 0.3) is 23.5 Å². The summed E-state index contributed by atoms with van der Waals surface area (Å²) in [5.41, 5.74) is -19.9. The van der Waals surface area contributed by atoms with Crippen molar-refractivity contribution < 1.29 is 107 Å². The number of ether oxygens (including phenoxy) is 6. The van der Waals surface area contributed by atoms with E-state index in [-0.39, 0.29) is 0 Å². The van der Waals surface area contributed by atoms with Crippen LogP contribution in [0.5, 0.6) is 23.5 Å². The molecule has 3 rings (SSSR count). The van der Waals surface area contributed by atoms with Crippen LogP contribution in [0.3, 0.4) is 0 Å². The molecule has 0 amide bonds. The molecular formula is C24H16F18N2O6. The van der Waals surface area contributed by atoms with E-state index < -0.39 is 147 Å². The molecule has 284 valence electrons. The minimum Gasteiger partial charge on any atom is -0.473 e. The SMILES string of the molecule is Fc1c2nc(c(F)c1C(F)(C(F)(F)F)C(F)(F)F)OCCOCCOc1nc(c(F)c(C(F)(C(F)(F)F)C(F)(F)F)c1F)OCCOCCO2. The van der Waals surface area contributed by atoms with E-state index in [9.17, 15) is 79.0 Å². The summed E-state index contributed by atoms with van der Waals surface area (Å²) >= 11 is 0. The van der Waals surface area contributed by atoms with E-state index in [2.05, 4.69) is 28.9 Å². The van der Waals surface area contributed by atoms with Crippen LogP contribution in [0.2, 0.25) is 0 Å². The van der Waals surface area contributed by atoms with E-state index in [0.717, 1.165) is 0 Å². The second-order valence-electron chi connectivity index (χ2n) is 9.38. The summed E-state index contributed by atoms with van der Waals surface area (Å²) in [7, 11) is 0. The van der Waals surface area contributed by atoms with Gasteiger partial charge in [-0.1, -0.05) is 0 Å². The van der Waals surface area contributed by atoms with Gasteiger partial charge in [-0.3, -0.25) is 0 Å². The lowest BCUT2D eigenvalue weighted by Gasteiger charge is -2.31. The largest absolute Gasteiger partial charge is 0.473 e. The number of fused-ring (bicyclic) bond motifs is 4. The molecule has 0 fully saturated rings. The normalized spacial score (nSPS) is 16.8. The summed E-state index contributed by atoms with van der Waals surface area (Å²) in [4.78, 5) is 5.92. The maximum absolute atomic E-state index is 14.9. The number of nitrogens with zero attached hydrogens (tertiary/aromatic N) is 2. The van der Waals surface area contributed by atoms with Gasteiger partial charge in [0.15, 0.2) is 23.3 Å². The zero-order chi connectivity index (χ0) is 38.1. The number of hydrogen-bond acceptors (Lipinski definition) is 8. The molecule has 8 nitrogen and oxygen atoms in total. The molecule has 26 heteroatoms. The zero-order valence-corrected chi connectivity index (χ0v) is 23.8. The Labute approximate surface area is 265 Å². The Kier molecular flexibility index (Phi) is 11.7. The number of halogens is 18. The molecule has 0 spiro atoms. The lowest BCUT2D eigenvalue weighted by molar-refractivity contribution is -0.351. The highest BCUT2D eigenvalue weighted by atomic mass is 19.4. The first-order valence-corrected chi connectivity index (χ1v) is 12.9. The van der Waals surface area contributed by atoms with Gasteiger partial charge in [0.1, 0.15) is 26.4 Å². The number of alkyl halides is 14. The van der Waals surface area contributed by atoms with Crippen LogP contribution in [-0.4, -0.2) is 87.5 Å². The Morgan fingerprint density at radius 3 is 0.720 bits per heavy atom.